The number of carbonyl (C=O) groups is 1. The largest absolute Gasteiger partial charge is 0.380 e. The molecule has 0 N–H and O–H groups in total. The summed E-state index contributed by atoms with van der Waals surface area (Å²) >= 11 is 0. The second-order valence-corrected chi connectivity index (χ2v) is 6.28. The molecule has 0 aromatic rings. The number of likely N-dealkylation sites (tertiary alicyclic amines) is 1. The van der Waals surface area contributed by atoms with Crippen LogP contribution in [0, 0.1) is 17.3 Å². The second kappa shape index (κ2) is 5.49. The number of rotatable bonds is 3. The van der Waals surface area contributed by atoms with Crippen molar-refractivity contribution in [1.82, 2.24) is 4.90 Å². The van der Waals surface area contributed by atoms with E-state index in [1.165, 1.54) is 6.42 Å². The van der Waals surface area contributed by atoms with Crippen LogP contribution in [0.4, 0.5) is 0 Å². The van der Waals surface area contributed by atoms with Crippen molar-refractivity contribution in [2.75, 3.05) is 32.8 Å². The van der Waals surface area contributed by atoms with Crippen LogP contribution in [-0.2, 0) is 9.53 Å². The minimum Gasteiger partial charge on any atom is -0.380 e. The fraction of sp³-hybridized carbons (Fsp3) is 0.929. The maximum absolute atomic E-state index is 11.4. The van der Waals surface area contributed by atoms with Crippen molar-refractivity contribution < 1.29 is 9.53 Å². The minimum atomic E-state index is -0.227. The van der Waals surface area contributed by atoms with Gasteiger partial charge in [-0.2, -0.15) is 0 Å². The van der Waals surface area contributed by atoms with E-state index in [1.54, 1.807) is 0 Å². The first-order valence-electron chi connectivity index (χ1n) is 6.90. The van der Waals surface area contributed by atoms with E-state index in [2.05, 4.69) is 18.7 Å². The van der Waals surface area contributed by atoms with Crippen LogP contribution in [0.3, 0.4) is 0 Å². The van der Waals surface area contributed by atoms with Crippen LogP contribution in [-0.4, -0.2) is 44.0 Å². The molecule has 0 aromatic carbocycles. The lowest BCUT2D eigenvalue weighted by molar-refractivity contribution is -0.126. The lowest BCUT2D eigenvalue weighted by Gasteiger charge is -2.41. The van der Waals surface area contributed by atoms with Crippen molar-refractivity contribution in [3.8, 4) is 0 Å². The van der Waals surface area contributed by atoms with Crippen LogP contribution in [0.15, 0.2) is 0 Å². The smallest absolute Gasteiger partial charge is 0.129 e. The molecule has 0 bridgehead atoms. The lowest BCUT2D eigenvalue weighted by Crippen LogP contribution is -2.48. The van der Waals surface area contributed by atoms with E-state index >= 15 is 0 Å². The molecule has 3 nitrogen and oxygen atoms in total. The Kier molecular flexibility index (Phi) is 4.21. The van der Waals surface area contributed by atoms with Gasteiger partial charge in [0.15, 0.2) is 0 Å². The van der Waals surface area contributed by atoms with Crippen molar-refractivity contribution in [2.45, 2.75) is 33.1 Å². The number of carbonyl (C=O) groups excluding carboxylic acids is 1. The average molecular weight is 239 g/mol. The van der Waals surface area contributed by atoms with Crippen molar-refractivity contribution in [1.29, 1.82) is 0 Å². The summed E-state index contributed by atoms with van der Waals surface area (Å²) in [4.78, 5) is 13.9. The number of aldehydes is 1. The first-order chi connectivity index (χ1) is 8.13. The molecule has 2 fully saturated rings. The Morgan fingerprint density at radius 3 is 2.59 bits per heavy atom. The summed E-state index contributed by atoms with van der Waals surface area (Å²) in [5.41, 5.74) is -0.227. The maximum Gasteiger partial charge on any atom is 0.129 e. The topological polar surface area (TPSA) is 29.5 Å². The van der Waals surface area contributed by atoms with Crippen molar-refractivity contribution in [3.63, 3.8) is 0 Å². The molecule has 0 radical (unpaired) electrons. The maximum atomic E-state index is 11.4. The third kappa shape index (κ3) is 3.29. The van der Waals surface area contributed by atoms with Gasteiger partial charge in [-0.05, 0) is 31.1 Å². The van der Waals surface area contributed by atoms with E-state index in [1.807, 2.05) is 0 Å². The standard InChI is InChI=1S/C14H25NO2/c1-12-6-13(2)8-15(7-12)9-14(10-16)4-3-5-17-11-14/h10,12-13H,3-9,11H2,1-2H3. The summed E-state index contributed by atoms with van der Waals surface area (Å²) < 4.78 is 5.51. The van der Waals surface area contributed by atoms with Crippen molar-refractivity contribution in [2.24, 2.45) is 17.3 Å². The Balaban J connectivity index is 1.95. The molecule has 0 spiro atoms. The Hall–Kier alpha value is -0.410. The van der Waals surface area contributed by atoms with Gasteiger partial charge in [0.05, 0.1) is 12.0 Å². The van der Waals surface area contributed by atoms with Gasteiger partial charge in [0.25, 0.3) is 0 Å². The second-order valence-electron chi connectivity index (χ2n) is 6.28. The van der Waals surface area contributed by atoms with Gasteiger partial charge >= 0.3 is 0 Å². The third-order valence-electron chi connectivity index (χ3n) is 4.09. The molecule has 17 heavy (non-hydrogen) atoms. The molecule has 3 unspecified atom stereocenters. The molecule has 0 amide bonds. The van der Waals surface area contributed by atoms with Crippen LogP contribution in [0.1, 0.15) is 33.1 Å². The summed E-state index contributed by atoms with van der Waals surface area (Å²) in [5.74, 6) is 1.51. The van der Waals surface area contributed by atoms with Gasteiger partial charge in [0.2, 0.25) is 0 Å². The Morgan fingerprint density at radius 2 is 2.06 bits per heavy atom. The van der Waals surface area contributed by atoms with E-state index < -0.39 is 0 Å². The SMILES string of the molecule is CC1CC(C)CN(CC2(C=O)CCCOC2)C1. The van der Waals surface area contributed by atoms with Crippen LogP contribution >= 0.6 is 0 Å². The molecule has 0 saturated carbocycles. The number of hydrogen-bond acceptors (Lipinski definition) is 3. The summed E-state index contributed by atoms with van der Waals surface area (Å²) in [7, 11) is 0. The van der Waals surface area contributed by atoms with E-state index in [4.69, 9.17) is 4.74 Å². The van der Waals surface area contributed by atoms with Gasteiger partial charge < -0.3 is 14.4 Å². The number of hydrogen-bond donors (Lipinski definition) is 0. The quantitative estimate of drug-likeness (QED) is 0.705. The summed E-state index contributed by atoms with van der Waals surface area (Å²) in [6.45, 7) is 9.24. The van der Waals surface area contributed by atoms with E-state index in [0.717, 1.165) is 57.2 Å². The third-order valence-corrected chi connectivity index (χ3v) is 4.09. The van der Waals surface area contributed by atoms with Gasteiger partial charge in [0, 0.05) is 26.2 Å². The highest BCUT2D eigenvalue weighted by molar-refractivity contribution is 5.60. The first-order valence-corrected chi connectivity index (χ1v) is 6.90. The molecule has 2 saturated heterocycles. The molecule has 2 heterocycles. The first kappa shape index (κ1) is 13.0. The van der Waals surface area contributed by atoms with E-state index in [-0.39, 0.29) is 5.41 Å². The molecule has 98 valence electrons. The molecule has 3 atom stereocenters. The number of ether oxygens (including phenoxy) is 1. The Bertz CT molecular complexity index is 251. The van der Waals surface area contributed by atoms with Gasteiger partial charge in [0.1, 0.15) is 6.29 Å². The summed E-state index contributed by atoms with van der Waals surface area (Å²) in [6, 6.07) is 0. The monoisotopic (exact) mass is 239 g/mol. The molecule has 2 rings (SSSR count). The zero-order valence-electron chi connectivity index (χ0n) is 11.2. The van der Waals surface area contributed by atoms with Crippen LogP contribution < -0.4 is 0 Å². The van der Waals surface area contributed by atoms with Crippen molar-refractivity contribution >= 4 is 6.29 Å². The highest BCUT2D eigenvalue weighted by atomic mass is 16.5. The van der Waals surface area contributed by atoms with Gasteiger partial charge in [-0.1, -0.05) is 13.8 Å². The number of piperidine rings is 1. The zero-order chi connectivity index (χ0) is 12.3. The van der Waals surface area contributed by atoms with Gasteiger partial charge in [-0.25, -0.2) is 0 Å². The summed E-state index contributed by atoms with van der Waals surface area (Å²) in [5, 5.41) is 0. The highest BCUT2D eigenvalue weighted by Gasteiger charge is 2.36. The van der Waals surface area contributed by atoms with Crippen LogP contribution in [0.2, 0.25) is 0 Å². The molecule has 0 aliphatic carbocycles. The summed E-state index contributed by atoms with van der Waals surface area (Å²) in [6.07, 6.45) is 4.49. The fourth-order valence-electron chi connectivity index (χ4n) is 3.50. The predicted molar refractivity (Wildman–Crippen MR) is 67.9 cm³/mol. The lowest BCUT2D eigenvalue weighted by atomic mass is 9.82. The molecular formula is C14H25NO2. The molecule has 2 aliphatic rings. The van der Waals surface area contributed by atoms with Crippen molar-refractivity contribution in [3.05, 3.63) is 0 Å². The zero-order valence-corrected chi connectivity index (χ0v) is 11.2. The predicted octanol–water partition coefficient (Wildman–Crippen LogP) is 1.96. The fourth-order valence-corrected chi connectivity index (χ4v) is 3.50. The molecule has 3 heteroatoms. The number of nitrogens with zero attached hydrogens (tertiary/aromatic N) is 1. The van der Waals surface area contributed by atoms with Crippen LogP contribution in [0.25, 0.3) is 0 Å². The molecular weight excluding hydrogens is 214 g/mol. The molecule has 0 aromatic heterocycles. The van der Waals surface area contributed by atoms with Gasteiger partial charge in [-0.15, -0.1) is 0 Å². The molecule has 2 aliphatic heterocycles. The average Bonchev–Trinajstić information content (AvgIpc) is 2.29. The van der Waals surface area contributed by atoms with E-state index in [9.17, 15) is 4.79 Å². The Labute approximate surface area is 105 Å². The minimum absolute atomic E-state index is 0.227. The highest BCUT2D eigenvalue weighted by Crippen LogP contribution is 2.30. The van der Waals surface area contributed by atoms with Crippen LogP contribution in [0.5, 0.6) is 0 Å². The normalized spacial score (nSPS) is 40.1. The van der Waals surface area contributed by atoms with E-state index in [0.29, 0.717) is 6.61 Å². The van der Waals surface area contributed by atoms with Gasteiger partial charge in [-0.3, -0.25) is 0 Å². The Morgan fingerprint density at radius 1 is 1.35 bits per heavy atom.